The summed E-state index contributed by atoms with van der Waals surface area (Å²) < 4.78 is 0. The first-order chi connectivity index (χ1) is 8.52. The molecule has 0 saturated carbocycles. The average Bonchev–Trinajstić information content (AvgIpc) is 2.28. The highest BCUT2D eigenvalue weighted by molar-refractivity contribution is 5.62. The van der Waals surface area contributed by atoms with Gasteiger partial charge in [-0.2, -0.15) is 5.26 Å². The molecule has 2 unspecified atom stereocenters. The number of hydrogen-bond donors (Lipinski definition) is 1. The molecule has 2 heterocycles. The van der Waals surface area contributed by atoms with E-state index < -0.39 is 0 Å². The molecule has 96 valence electrons. The molecule has 4 heteroatoms. The molecule has 1 aromatic rings. The third-order valence-electron chi connectivity index (χ3n) is 3.65. The number of aryl methyl sites for hydroxylation is 2. The summed E-state index contributed by atoms with van der Waals surface area (Å²) in [6.07, 6.45) is 1.96. The normalized spacial score (nSPS) is 23.8. The van der Waals surface area contributed by atoms with Crippen molar-refractivity contribution in [2.45, 2.75) is 45.7 Å². The molecule has 1 saturated heterocycles. The van der Waals surface area contributed by atoms with E-state index in [1.165, 1.54) is 0 Å². The molecule has 0 amide bonds. The molecule has 0 spiro atoms. The Bertz CT molecular complexity index is 489. The Morgan fingerprint density at radius 2 is 2.22 bits per heavy atom. The number of nitrogens with zero attached hydrogens (tertiary/aromatic N) is 3. The smallest absolute Gasteiger partial charge is 0.103 e. The zero-order valence-corrected chi connectivity index (χ0v) is 11.3. The molecule has 18 heavy (non-hydrogen) atoms. The molecule has 1 aliphatic rings. The molecule has 1 aliphatic heterocycles. The first kappa shape index (κ1) is 12.8. The maximum atomic E-state index is 9.32. The van der Waals surface area contributed by atoms with Gasteiger partial charge in [0, 0.05) is 24.3 Å². The monoisotopic (exact) mass is 244 g/mol. The van der Waals surface area contributed by atoms with E-state index in [4.69, 9.17) is 5.73 Å². The lowest BCUT2D eigenvalue weighted by atomic mass is 9.97. The second-order valence-corrected chi connectivity index (χ2v) is 5.18. The van der Waals surface area contributed by atoms with Gasteiger partial charge in [-0.1, -0.05) is 0 Å². The molecule has 2 atom stereocenters. The maximum Gasteiger partial charge on any atom is 0.103 e. The van der Waals surface area contributed by atoms with Crippen LogP contribution in [0.5, 0.6) is 0 Å². The van der Waals surface area contributed by atoms with Crippen LogP contribution in [0.25, 0.3) is 0 Å². The first-order valence-electron chi connectivity index (χ1n) is 6.43. The predicted octanol–water partition coefficient (Wildman–Crippen LogP) is 1.89. The van der Waals surface area contributed by atoms with E-state index in [9.17, 15) is 5.26 Å². The van der Waals surface area contributed by atoms with Crippen LogP contribution in [0.4, 0.5) is 5.69 Å². The van der Waals surface area contributed by atoms with Gasteiger partial charge in [0.2, 0.25) is 0 Å². The van der Waals surface area contributed by atoms with Crippen molar-refractivity contribution >= 4 is 5.69 Å². The first-order valence-corrected chi connectivity index (χ1v) is 6.43. The standard InChI is InChI=1S/C14H20N4/c1-9-6-14(13(8-15)11(3)17-9)18-5-4-12(16)7-10(18)2/h6,10,12H,4-5,7,16H2,1-3H3. The SMILES string of the molecule is Cc1cc(N2CCC(N)CC2C)c(C#N)c(C)n1. The summed E-state index contributed by atoms with van der Waals surface area (Å²) in [6.45, 7) is 6.96. The summed E-state index contributed by atoms with van der Waals surface area (Å²) in [5, 5.41) is 9.32. The number of nitriles is 1. The fourth-order valence-corrected chi connectivity index (χ4v) is 2.74. The number of hydrogen-bond acceptors (Lipinski definition) is 4. The van der Waals surface area contributed by atoms with Crippen LogP contribution in [0.1, 0.15) is 36.7 Å². The lowest BCUT2D eigenvalue weighted by molar-refractivity contribution is 0.429. The Hall–Kier alpha value is -1.60. The third kappa shape index (κ3) is 2.32. The Morgan fingerprint density at radius 1 is 1.50 bits per heavy atom. The van der Waals surface area contributed by atoms with E-state index in [2.05, 4.69) is 22.9 Å². The van der Waals surface area contributed by atoms with Gasteiger partial charge in [0.05, 0.1) is 16.9 Å². The van der Waals surface area contributed by atoms with Crippen LogP contribution in [0.3, 0.4) is 0 Å². The van der Waals surface area contributed by atoms with Gasteiger partial charge >= 0.3 is 0 Å². The van der Waals surface area contributed by atoms with Gasteiger partial charge in [-0.15, -0.1) is 0 Å². The molecule has 0 aliphatic carbocycles. The van der Waals surface area contributed by atoms with Crippen LogP contribution in [0, 0.1) is 25.2 Å². The maximum absolute atomic E-state index is 9.32. The highest BCUT2D eigenvalue weighted by Crippen LogP contribution is 2.29. The minimum Gasteiger partial charge on any atom is -0.368 e. The highest BCUT2D eigenvalue weighted by atomic mass is 15.2. The summed E-state index contributed by atoms with van der Waals surface area (Å²) in [5.41, 5.74) is 9.48. The minimum absolute atomic E-state index is 0.283. The van der Waals surface area contributed by atoms with E-state index >= 15 is 0 Å². The van der Waals surface area contributed by atoms with Crippen LogP contribution in [0.15, 0.2) is 6.07 Å². The Kier molecular flexibility index (Phi) is 3.53. The van der Waals surface area contributed by atoms with E-state index in [0.29, 0.717) is 11.6 Å². The van der Waals surface area contributed by atoms with Gasteiger partial charge in [0.1, 0.15) is 6.07 Å². The number of aromatic nitrogens is 1. The number of anilines is 1. The van der Waals surface area contributed by atoms with E-state index in [1.54, 1.807) is 0 Å². The quantitative estimate of drug-likeness (QED) is 0.819. The lowest BCUT2D eigenvalue weighted by Gasteiger charge is -2.38. The summed E-state index contributed by atoms with van der Waals surface area (Å²) in [6, 6.07) is 4.96. The highest BCUT2D eigenvalue weighted by Gasteiger charge is 2.26. The summed E-state index contributed by atoms with van der Waals surface area (Å²) in [7, 11) is 0. The largest absolute Gasteiger partial charge is 0.368 e. The average molecular weight is 244 g/mol. The van der Waals surface area contributed by atoms with Crippen molar-refractivity contribution in [3.05, 3.63) is 23.0 Å². The molecule has 0 bridgehead atoms. The molecule has 4 nitrogen and oxygen atoms in total. The van der Waals surface area contributed by atoms with Crippen molar-refractivity contribution in [1.29, 1.82) is 5.26 Å². The van der Waals surface area contributed by atoms with E-state index in [1.807, 2.05) is 19.9 Å². The van der Waals surface area contributed by atoms with Crippen molar-refractivity contribution < 1.29 is 0 Å². The lowest BCUT2D eigenvalue weighted by Crippen LogP contribution is -2.46. The fourth-order valence-electron chi connectivity index (χ4n) is 2.74. The van der Waals surface area contributed by atoms with Gasteiger partial charge in [-0.3, -0.25) is 4.98 Å². The second kappa shape index (κ2) is 4.95. The van der Waals surface area contributed by atoms with Crippen molar-refractivity contribution in [2.75, 3.05) is 11.4 Å². The van der Waals surface area contributed by atoms with Crippen LogP contribution >= 0.6 is 0 Å². The molecule has 0 radical (unpaired) electrons. The van der Waals surface area contributed by atoms with Crippen molar-refractivity contribution in [3.63, 3.8) is 0 Å². The molecule has 0 aromatic carbocycles. The molecular formula is C14H20N4. The number of rotatable bonds is 1. The van der Waals surface area contributed by atoms with Crippen LogP contribution in [-0.2, 0) is 0 Å². The third-order valence-corrected chi connectivity index (χ3v) is 3.65. The minimum atomic E-state index is 0.283. The Balaban J connectivity index is 2.42. The number of piperidine rings is 1. The van der Waals surface area contributed by atoms with E-state index in [0.717, 1.165) is 36.5 Å². The summed E-state index contributed by atoms with van der Waals surface area (Å²) in [5.74, 6) is 0. The number of pyridine rings is 1. The zero-order chi connectivity index (χ0) is 13.3. The van der Waals surface area contributed by atoms with Gasteiger partial charge in [0.25, 0.3) is 0 Å². The number of nitrogens with two attached hydrogens (primary N) is 1. The van der Waals surface area contributed by atoms with Gasteiger partial charge < -0.3 is 10.6 Å². The van der Waals surface area contributed by atoms with Crippen molar-refractivity contribution in [2.24, 2.45) is 5.73 Å². The van der Waals surface area contributed by atoms with Gasteiger partial charge in [-0.05, 0) is 39.7 Å². The molecule has 1 aromatic heterocycles. The summed E-state index contributed by atoms with van der Waals surface area (Å²) in [4.78, 5) is 6.66. The van der Waals surface area contributed by atoms with Crippen molar-refractivity contribution in [1.82, 2.24) is 4.98 Å². The predicted molar refractivity (Wildman–Crippen MR) is 72.4 cm³/mol. The second-order valence-electron chi connectivity index (χ2n) is 5.18. The molecule has 2 rings (SSSR count). The van der Waals surface area contributed by atoms with Gasteiger partial charge in [0.15, 0.2) is 0 Å². The van der Waals surface area contributed by atoms with Crippen LogP contribution in [0.2, 0.25) is 0 Å². The molecular weight excluding hydrogens is 224 g/mol. The Labute approximate surface area is 108 Å². The topological polar surface area (TPSA) is 65.9 Å². The fraction of sp³-hybridized carbons (Fsp3) is 0.571. The van der Waals surface area contributed by atoms with Crippen LogP contribution in [-0.4, -0.2) is 23.6 Å². The summed E-state index contributed by atoms with van der Waals surface area (Å²) >= 11 is 0. The molecule has 2 N–H and O–H groups in total. The van der Waals surface area contributed by atoms with Crippen molar-refractivity contribution in [3.8, 4) is 6.07 Å². The Morgan fingerprint density at radius 3 is 2.83 bits per heavy atom. The molecule has 1 fully saturated rings. The zero-order valence-electron chi connectivity index (χ0n) is 11.3. The van der Waals surface area contributed by atoms with Gasteiger partial charge in [-0.25, -0.2) is 0 Å². The van der Waals surface area contributed by atoms with Crippen LogP contribution < -0.4 is 10.6 Å². The van der Waals surface area contributed by atoms with E-state index in [-0.39, 0.29) is 6.04 Å².